The molecule has 3 rings (SSSR count). The maximum Gasteiger partial charge on any atom is 0.331 e. The molecule has 29 heavy (non-hydrogen) atoms. The number of aromatic nitrogens is 1. The van der Waals surface area contributed by atoms with E-state index >= 15 is 0 Å². The molecule has 0 saturated carbocycles. The summed E-state index contributed by atoms with van der Waals surface area (Å²) in [5.41, 5.74) is 1.28. The fraction of sp³-hybridized carbons (Fsp3) is 0.450. The average molecular weight is 420 g/mol. The smallest absolute Gasteiger partial charge is 0.331 e. The van der Waals surface area contributed by atoms with Crippen LogP contribution in [-0.4, -0.2) is 60.9 Å². The topological polar surface area (TPSA) is 107 Å². The Labute approximate surface area is 169 Å². The lowest BCUT2D eigenvalue weighted by Crippen LogP contribution is -2.45. The standard InChI is InChI=1S/C20H24N2O6S/c1-14(2)11-22(15-9-10-29(25,26)13-15)19(23)12-27-20(24)8-7-18-21-16-5-3-4-6-17(16)28-18/h3-8,14-15H,9-13H2,1-2H3/b8-7+/t15-/m1/s1. The van der Waals surface area contributed by atoms with Crippen LogP contribution >= 0.6 is 0 Å². The van der Waals surface area contributed by atoms with Gasteiger partial charge in [-0.25, -0.2) is 18.2 Å². The van der Waals surface area contributed by atoms with Gasteiger partial charge in [0.1, 0.15) is 5.52 Å². The van der Waals surface area contributed by atoms with Crippen LogP contribution in [0.3, 0.4) is 0 Å². The van der Waals surface area contributed by atoms with E-state index in [-0.39, 0.29) is 29.4 Å². The molecule has 2 heterocycles. The molecule has 156 valence electrons. The van der Waals surface area contributed by atoms with Crippen LogP contribution in [0, 0.1) is 5.92 Å². The maximum atomic E-state index is 12.6. The predicted octanol–water partition coefficient (Wildman–Crippen LogP) is 2.06. The molecule has 0 spiro atoms. The van der Waals surface area contributed by atoms with Gasteiger partial charge in [-0.3, -0.25) is 4.79 Å². The minimum atomic E-state index is -3.12. The molecule has 0 N–H and O–H groups in total. The maximum absolute atomic E-state index is 12.6. The monoisotopic (exact) mass is 420 g/mol. The number of carbonyl (C=O) groups excluding carboxylic acids is 2. The third-order valence-corrected chi connectivity index (χ3v) is 6.29. The number of nitrogens with zero attached hydrogens (tertiary/aromatic N) is 2. The number of fused-ring (bicyclic) bond motifs is 1. The molecule has 1 saturated heterocycles. The number of hydrogen-bond acceptors (Lipinski definition) is 7. The summed E-state index contributed by atoms with van der Waals surface area (Å²) in [6, 6.07) is 6.84. The van der Waals surface area contributed by atoms with Crippen molar-refractivity contribution in [3.05, 3.63) is 36.2 Å². The van der Waals surface area contributed by atoms with Crippen molar-refractivity contribution in [3.8, 4) is 0 Å². The van der Waals surface area contributed by atoms with E-state index in [1.54, 1.807) is 12.1 Å². The summed E-state index contributed by atoms with van der Waals surface area (Å²) in [4.78, 5) is 30.3. The highest BCUT2D eigenvalue weighted by Gasteiger charge is 2.35. The van der Waals surface area contributed by atoms with Gasteiger partial charge in [-0.2, -0.15) is 0 Å². The third-order valence-electron chi connectivity index (χ3n) is 4.54. The van der Waals surface area contributed by atoms with E-state index in [1.165, 1.54) is 11.0 Å². The van der Waals surface area contributed by atoms with Crippen LogP contribution in [0.4, 0.5) is 0 Å². The summed E-state index contributed by atoms with van der Waals surface area (Å²) in [7, 11) is -3.12. The van der Waals surface area contributed by atoms with Gasteiger partial charge in [0, 0.05) is 24.7 Å². The van der Waals surface area contributed by atoms with Crippen LogP contribution in [0.2, 0.25) is 0 Å². The number of carbonyl (C=O) groups is 2. The molecule has 2 aromatic rings. The Balaban J connectivity index is 1.57. The van der Waals surface area contributed by atoms with Crippen molar-refractivity contribution in [2.45, 2.75) is 26.3 Å². The molecule has 9 heteroatoms. The molecule has 0 radical (unpaired) electrons. The average Bonchev–Trinajstić information content (AvgIpc) is 3.24. The number of esters is 1. The van der Waals surface area contributed by atoms with Crippen molar-refractivity contribution in [3.63, 3.8) is 0 Å². The molecule has 1 aromatic heterocycles. The number of benzene rings is 1. The van der Waals surface area contributed by atoms with Gasteiger partial charge >= 0.3 is 5.97 Å². The van der Waals surface area contributed by atoms with E-state index in [0.29, 0.717) is 24.1 Å². The summed E-state index contributed by atoms with van der Waals surface area (Å²) in [5, 5.41) is 0. The van der Waals surface area contributed by atoms with Gasteiger partial charge in [0.15, 0.2) is 22.0 Å². The second kappa shape index (κ2) is 8.77. The molecule has 0 bridgehead atoms. The molecule has 1 amide bonds. The van der Waals surface area contributed by atoms with Gasteiger partial charge in [-0.1, -0.05) is 26.0 Å². The van der Waals surface area contributed by atoms with E-state index < -0.39 is 28.3 Å². The fourth-order valence-corrected chi connectivity index (χ4v) is 4.96. The Hall–Kier alpha value is -2.68. The van der Waals surface area contributed by atoms with Gasteiger partial charge in [-0.05, 0) is 24.5 Å². The SMILES string of the molecule is CC(C)CN(C(=O)COC(=O)/C=C/c1nc2ccccc2o1)[C@@H]1CCS(=O)(=O)C1. The lowest BCUT2D eigenvalue weighted by Gasteiger charge is -2.29. The molecule has 1 fully saturated rings. The van der Waals surface area contributed by atoms with E-state index in [9.17, 15) is 18.0 Å². The highest BCUT2D eigenvalue weighted by atomic mass is 32.2. The molecular weight excluding hydrogens is 396 g/mol. The quantitative estimate of drug-likeness (QED) is 0.498. The van der Waals surface area contributed by atoms with E-state index in [1.807, 2.05) is 26.0 Å². The Morgan fingerprint density at radius 2 is 2.10 bits per heavy atom. The lowest BCUT2D eigenvalue weighted by molar-refractivity contribution is -0.149. The molecule has 0 unspecified atom stereocenters. The van der Waals surface area contributed by atoms with Crippen molar-refractivity contribution in [2.75, 3.05) is 24.7 Å². The predicted molar refractivity (Wildman–Crippen MR) is 108 cm³/mol. The summed E-state index contributed by atoms with van der Waals surface area (Å²) in [6.07, 6.45) is 2.93. The van der Waals surface area contributed by atoms with Crippen molar-refractivity contribution in [1.29, 1.82) is 0 Å². The van der Waals surface area contributed by atoms with E-state index in [0.717, 1.165) is 6.08 Å². The highest BCUT2D eigenvalue weighted by molar-refractivity contribution is 7.91. The van der Waals surface area contributed by atoms with Gasteiger partial charge in [-0.15, -0.1) is 0 Å². The lowest BCUT2D eigenvalue weighted by atomic mass is 10.1. The first-order valence-electron chi connectivity index (χ1n) is 9.44. The van der Waals surface area contributed by atoms with Gasteiger partial charge in [0.25, 0.3) is 5.91 Å². The fourth-order valence-electron chi connectivity index (χ4n) is 3.23. The zero-order valence-electron chi connectivity index (χ0n) is 16.4. The van der Waals surface area contributed by atoms with Crippen LogP contribution in [0.1, 0.15) is 26.2 Å². The van der Waals surface area contributed by atoms with Gasteiger partial charge in [0.05, 0.1) is 11.5 Å². The van der Waals surface area contributed by atoms with Crippen molar-refractivity contribution >= 4 is 38.9 Å². The molecule has 8 nitrogen and oxygen atoms in total. The van der Waals surface area contributed by atoms with Crippen molar-refractivity contribution < 1.29 is 27.2 Å². The first-order valence-corrected chi connectivity index (χ1v) is 11.3. The summed E-state index contributed by atoms with van der Waals surface area (Å²) >= 11 is 0. The largest absolute Gasteiger partial charge is 0.452 e. The first kappa shape index (κ1) is 21.0. The highest BCUT2D eigenvalue weighted by Crippen LogP contribution is 2.19. The van der Waals surface area contributed by atoms with Crippen LogP contribution < -0.4 is 0 Å². The number of rotatable bonds is 7. The van der Waals surface area contributed by atoms with Crippen LogP contribution in [0.25, 0.3) is 17.2 Å². The number of oxazole rings is 1. The van der Waals surface area contributed by atoms with Crippen LogP contribution in [0.15, 0.2) is 34.8 Å². The Morgan fingerprint density at radius 1 is 1.34 bits per heavy atom. The Kier molecular flexibility index (Phi) is 6.36. The van der Waals surface area contributed by atoms with E-state index in [2.05, 4.69) is 4.98 Å². The minimum absolute atomic E-state index is 0.0446. The molecule has 1 aliphatic heterocycles. The van der Waals surface area contributed by atoms with Gasteiger partial charge < -0.3 is 14.1 Å². The van der Waals surface area contributed by atoms with Crippen molar-refractivity contribution in [1.82, 2.24) is 9.88 Å². The zero-order chi connectivity index (χ0) is 21.0. The van der Waals surface area contributed by atoms with Crippen LogP contribution in [0.5, 0.6) is 0 Å². The molecule has 1 aliphatic rings. The number of hydrogen-bond donors (Lipinski definition) is 0. The number of amides is 1. The molecular formula is C20H24N2O6S. The van der Waals surface area contributed by atoms with E-state index in [4.69, 9.17) is 9.15 Å². The normalized spacial score (nSPS) is 18.5. The minimum Gasteiger partial charge on any atom is -0.452 e. The molecule has 1 aromatic carbocycles. The second-order valence-corrected chi connectivity index (χ2v) is 9.69. The molecule has 1 atom stereocenters. The summed E-state index contributed by atoms with van der Waals surface area (Å²) in [5.74, 6) is -0.651. The zero-order valence-corrected chi connectivity index (χ0v) is 17.2. The summed E-state index contributed by atoms with van der Waals surface area (Å²) in [6.45, 7) is 3.85. The first-order chi connectivity index (χ1) is 13.7. The number of ether oxygens (including phenoxy) is 1. The summed E-state index contributed by atoms with van der Waals surface area (Å²) < 4.78 is 34.0. The third kappa shape index (κ3) is 5.66. The number of sulfone groups is 1. The van der Waals surface area contributed by atoms with Gasteiger partial charge in [0.2, 0.25) is 5.89 Å². The Morgan fingerprint density at radius 3 is 2.76 bits per heavy atom. The molecule has 0 aliphatic carbocycles. The van der Waals surface area contributed by atoms with Crippen LogP contribution in [-0.2, 0) is 24.2 Å². The Bertz CT molecular complexity index is 992. The van der Waals surface area contributed by atoms with Crippen molar-refractivity contribution in [2.24, 2.45) is 5.92 Å². The number of para-hydroxylation sites is 2. The second-order valence-electron chi connectivity index (χ2n) is 7.46.